The standard InChI is InChI=1S/C22H25ClN2O6S/c1-2-3-18(14-20(26)27)25-22(29)32(30,31)19-10-6-16(7-11-19)21(28)24-13-12-15-4-8-17(23)9-5-15/h4-11,18H,2-3,12-14H2,1H3,(H,24,28)(H,25,29)(H,26,27). The Hall–Kier alpha value is -2.91. The highest BCUT2D eigenvalue weighted by atomic mass is 35.5. The molecule has 0 fully saturated rings. The number of sulfone groups is 1. The summed E-state index contributed by atoms with van der Waals surface area (Å²) in [5.41, 5.74) is 1.25. The van der Waals surface area contributed by atoms with E-state index in [0.717, 1.165) is 5.56 Å². The van der Waals surface area contributed by atoms with Gasteiger partial charge in [0.15, 0.2) is 0 Å². The van der Waals surface area contributed by atoms with Gasteiger partial charge in [0.1, 0.15) is 0 Å². The zero-order valence-electron chi connectivity index (χ0n) is 17.5. The van der Waals surface area contributed by atoms with Gasteiger partial charge < -0.3 is 15.7 Å². The van der Waals surface area contributed by atoms with Crippen LogP contribution in [0.4, 0.5) is 4.79 Å². The predicted octanol–water partition coefficient (Wildman–Crippen LogP) is 3.44. The van der Waals surface area contributed by atoms with Crippen LogP contribution in [0.15, 0.2) is 53.4 Å². The summed E-state index contributed by atoms with van der Waals surface area (Å²) >= 11 is 5.84. The number of carboxylic acids is 1. The highest BCUT2D eigenvalue weighted by Gasteiger charge is 2.28. The van der Waals surface area contributed by atoms with Crippen molar-refractivity contribution in [2.45, 2.75) is 43.5 Å². The Balaban J connectivity index is 1.98. The molecule has 2 aromatic rings. The fourth-order valence-corrected chi connectivity index (χ4v) is 4.15. The number of amides is 2. The summed E-state index contributed by atoms with van der Waals surface area (Å²) in [6.45, 7) is 2.18. The average molecular weight is 481 g/mol. The summed E-state index contributed by atoms with van der Waals surface area (Å²) in [6.07, 6.45) is 1.15. The van der Waals surface area contributed by atoms with Gasteiger partial charge in [-0.3, -0.25) is 14.4 Å². The molecule has 3 N–H and O–H groups in total. The van der Waals surface area contributed by atoms with Crippen LogP contribution in [0.1, 0.15) is 42.1 Å². The number of carbonyl (C=O) groups is 3. The smallest absolute Gasteiger partial charge is 0.341 e. The zero-order chi connectivity index (χ0) is 23.7. The van der Waals surface area contributed by atoms with E-state index in [1.54, 1.807) is 19.1 Å². The van der Waals surface area contributed by atoms with Gasteiger partial charge >= 0.3 is 11.2 Å². The number of rotatable bonds is 10. The second-order valence-electron chi connectivity index (χ2n) is 7.18. The number of hydrogen-bond donors (Lipinski definition) is 3. The third-order valence-corrected chi connectivity index (χ3v) is 6.41. The fraction of sp³-hybridized carbons (Fsp3) is 0.318. The molecule has 0 aliphatic rings. The maximum atomic E-state index is 12.5. The van der Waals surface area contributed by atoms with E-state index in [9.17, 15) is 22.8 Å². The molecule has 1 unspecified atom stereocenters. The molecule has 0 aliphatic heterocycles. The summed E-state index contributed by atoms with van der Waals surface area (Å²) in [5, 5.41) is 13.3. The maximum Gasteiger partial charge on any atom is 0.341 e. The molecule has 0 aliphatic carbocycles. The first-order valence-corrected chi connectivity index (χ1v) is 11.9. The SMILES string of the molecule is CCCC(CC(=O)O)NC(=O)S(=O)(=O)c1ccc(C(=O)NCCc2ccc(Cl)cc2)cc1. The topological polar surface area (TPSA) is 130 Å². The highest BCUT2D eigenvalue weighted by Crippen LogP contribution is 2.15. The van der Waals surface area contributed by atoms with Crippen molar-refractivity contribution >= 4 is 38.6 Å². The molecule has 0 spiro atoms. The van der Waals surface area contributed by atoms with Crippen molar-refractivity contribution in [3.63, 3.8) is 0 Å². The molecule has 10 heteroatoms. The number of carboxylic acid groups (broad SMARTS) is 1. The van der Waals surface area contributed by atoms with Crippen LogP contribution in [0.2, 0.25) is 5.02 Å². The lowest BCUT2D eigenvalue weighted by molar-refractivity contribution is -0.137. The fourth-order valence-electron chi connectivity index (χ4n) is 2.99. The molecule has 2 amide bonds. The first kappa shape index (κ1) is 25.4. The van der Waals surface area contributed by atoms with Crippen LogP contribution in [0, 0.1) is 0 Å². The van der Waals surface area contributed by atoms with Gasteiger partial charge in [0.2, 0.25) is 0 Å². The van der Waals surface area contributed by atoms with Crippen LogP contribution in [0.3, 0.4) is 0 Å². The summed E-state index contributed by atoms with van der Waals surface area (Å²) < 4.78 is 25.0. The first-order valence-electron chi connectivity index (χ1n) is 10.0. The van der Waals surface area contributed by atoms with Gasteiger partial charge in [-0.2, -0.15) is 0 Å². The molecule has 0 heterocycles. The Morgan fingerprint density at radius 1 is 1.03 bits per heavy atom. The Bertz CT molecular complexity index is 1050. The lowest BCUT2D eigenvalue weighted by atomic mass is 10.1. The van der Waals surface area contributed by atoms with Gasteiger partial charge in [-0.05, 0) is 54.8 Å². The van der Waals surface area contributed by atoms with Crippen LogP contribution < -0.4 is 10.6 Å². The molecule has 0 saturated carbocycles. The van der Waals surface area contributed by atoms with E-state index in [-0.39, 0.29) is 22.8 Å². The molecule has 0 aromatic heterocycles. The van der Waals surface area contributed by atoms with Gasteiger partial charge in [-0.25, -0.2) is 8.42 Å². The van der Waals surface area contributed by atoms with Crippen LogP contribution in [0.25, 0.3) is 0 Å². The second-order valence-corrected chi connectivity index (χ2v) is 9.46. The molecular formula is C22H25ClN2O6S. The largest absolute Gasteiger partial charge is 0.481 e. The number of benzene rings is 2. The molecule has 2 aromatic carbocycles. The lowest BCUT2D eigenvalue weighted by Crippen LogP contribution is -2.39. The van der Waals surface area contributed by atoms with Crippen LogP contribution in [0.5, 0.6) is 0 Å². The molecule has 32 heavy (non-hydrogen) atoms. The zero-order valence-corrected chi connectivity index (χ0v) is 19.1. The lowest BCUT2D eigenvalue weighted by Gasteiger charge is -2.16. The van der Waals surface area contributed by atoms with Crippen molar-refractivity contribution in [3.8, 4) is 0 Å². The molecule has 1 atom stereocenters. The van der Waals surface area contributed by atoms with Gasteiger partial charge in [0.25, 0.3) is 15.7 Å². The number of nitrogens with one attached hydrogen (secondary N) is 2. The molecule has 0 saturated heterocycles. The predicted molar refractivity (Wildman–Crippen MR) is 121 cm³/mol. The van der Waals surface area contributed by atoms with Gasteiger partial charge in [0, 0.05) is 23.2 Å². The molecule has 2 rings (SSSR count). The highest BCUT2D eigenvalue weighted by molar-refractivity contribution is 8.06. The van der Waals surface area contributed by atoms with Crippen molar-refractivity contribution < 1.29 is 27.9 Å². The van der Waals surface area contributed by atoms with Crippen LogP contribution in [-0.2, 0) is 21.1 Å². The van der Waals surface area contributed by atoms with E-state index >= 15 is 0 Å². The Morgan fingerprint density at radius 3 is 2.22 bits per heavy atom. The summed E-state index contributed by atoms with van der Waals surface area (Å²) in [7, 11) is -4.37. The summed E-state index contributed by atoms with van der Waals surface area (Å²) in [5.74, 6) is -1.51. The van der Waals surface area contributed by atoms with Crippen LogP contribution in [-0.4, -0.2) is 43.2 Å². The van der Waals surface area contributed by atoms with E-state index in [4.69, 9.17) is 16.7 Å². The third kappa shape index (κ3) is 7.35. The second kappa shape index (κ2) is 11.6. The minimum atomic E-state index is -4.37. The average Bonchev–Trinajstić information content (AvgIpc) is 2.74. The summed E-state index contributed by atoms with van der Waals surface area (Å²) in [6, 6.07) is 11.5. The molecule has 0 radical (unpaired) electrons. The van der Waals surface area contributed by atoms with Gasteiger partial charge in [0.05, 0.1) is 11.3 Å². The van der Waals surface area contributed by atoms with E-state index in [1.807, 2.05) is 12.1 Å². The van der Waals surface area contributed by atoms with Gasteiger partial charge in [-0.1, -0.05) is 37.1 Å². The Labute approximate surface area is 191 Å². The van der Waals surface area contributed by atoms with Gasteiger partial charge in [-0.15, -0.1) is 0 Å². The Morgan fingerprint density at radius 2 is 1.66 bits per heavy atom. The van der Waals surface area contributed by atoms with Crippen molar-refractivity contribution in [1.82, 2.24) is 10.6 Å². The quantitative estimate of drug-likeness (QED) is 0.477. The third-order valence-electron chi connectivity index (χ3n) is 4.66. The number of carbonyl (C=O) groups excluding carboxylic acids is 2. The minimum absolute atomic E-state index is 0.246. The van der Waals surface area contributed by atoms with Crippen LogP contribution >= 0.6 is 11.6 Å². The number of hydrogen-bond acceptors (Lipinski definition) is 5. The van der Waals surface area contributed by atoms with E-state index in [1.165, 1.54) is 24.3 Å². The monoisotopic (exact) mass is 480 g/mol. The number of halogens is 1. The molecule has 8 nitrogen and oxygen atoms in total. The summed E-state index contributed by atoms with van der Waals surface area (Å²) in [4.78, 5) is 35.2. The van der Waals surface area contributed by atoms with E-state index < -0.39 is 27.1 Å². The molecule has 172 valence electrons. The normalized spacial score (nSPS) is 12.1. The van der Waals surface area contributed by atoms with Crippen molar-refractivity contribution in [2.24, 2.45) is 0 Å². The number of aliphatic carboxylic acids is 1. The van der Waals surface area contributed by atoms with E-state index in [0.29, 0.717) is 30.8 Å². The van der Waals surface area contributed by atoms with Crippen molar-refractivity contribution in [2.75, 3.05) is 6.54 Å². The molecular weight excluding hydrogens is 456 g/mol. The van der Waals surface area contributed by atoms with Crippen molar-refractivity contribution in [1.29, 1.82) is 0 Å². The maximum absolute atomic E-state index is 12.5. The van der Waals surface area contributed by atoms with E-state index in [2.05, 4.69) is 10.6 Å². The van der Waals surface area contributed by atoms with Crippen molar-refractivity contribution in [3.05, 3.63) is 64.7 Å². The first-order chi connectivity index (χ1) is 15.1. The minimum Gasteiger partial charge on any atom is -0.481 e. The molecule has 0 bridgehead atoms. The Kier molecular flexibility index (Phi) is 9.22.